The van der Waals surface area contributed by atoms with E-state index in [1.165, 1.54) is 25.7 Å². The van der Waals surface area contributed by atoms with E-state index in [0.29, 0.717) is 6.04 Å². The van der Waals surface area contributed by atoms with E-state index in [9.17, 15) is 0 Å². The van der Waals surface area contributed by atoms with Gasteiger partial charge in [-0.2, -0.15) is 0 Å². The molecule has 1 aliphatic rings. The Hall–Kier alpha value is -1.25. The van der Waals surface area contributed by atoms with E-state index in [1.54, 1.807) is 0 Å². The summed E-state index contributed by atoms with van der Waals surface area (Å²) < 4.78 is 0. The normalized spacial score (nSPS) is 23.4. The average Bonchev–Trinajstić information content (AvgIpc) is 2.40. The molecule has 106 valence electrons. The van der Waals surface area contributed by atoms with Crippen molar-refractivity contribution in [2.75, 3.05) is 24.3 Å². The molecule has 0 radical (unpaired) electrons. The highest BCUT2D eigenvalue weighted by molar-refractivity contribution is 5.48. The third-order valence-corrected chi connectivity index (χ3v) is 4.29. The van der Waals surface area contributed by atoms with Gasteiger partial charge in [0, 0.05) is 20.1 Å². The summed E-state index contributed by atoms with van der Waals surface area (Å²) in [4.78, 5) is 6.48. The Labute approximate surface area is 117 Å². The van der Waals surface area contributed by atoms with Crippen molar-refractivity contribution >= 4 is 11.5 Å². The van der Waals surface area contributed by atoms with Gasteiger partial charge in [0.25, 0.3) is 0 Å². The monoisotopic (exact) mass is 261 g/mol. The van der Waals surface area contributed by atoms with Crippen molar-refractivity contribution in [3.63, 3.8) is 0 Å². The van der Waals surface area contributed by atoms with E-state index in [0.717, 1.165) is 23.3 Å². The van der Waals surface area contributed by atoms with Crippen LogP contribution in [0.4, 0.5) is 11.5 Å². The van der Waals surface area contributed by atoms with Crippen LogP contribution in [0.1, 0.15) is 39.5 Å². The highest BCUT2D eigenvalue weighted by Gasteiger charge is 2.22. The second kappa shape index (κ2) is 6.27. The number of nitrogens with one attached hydrogen (secondary N) is 1. The lowest BCUT2D eigenvalue weighted by Gasteiger charge is -2.31. The summed E-state index contributed by atoms with van der Waals surface area (Å²) in [5.74, 6) is 2.77. The van der Waals surface area contributed by atoms with Gasteiger partial charge in [-0.3, -0.25) is 0 Å². The molecule has 1 aromatic heterocycles. The fourth-order valence-electron chi connectivity index (χ4n) is 2.90. The van der Waals surface area contributed by atoms with Crippen LogP contribution in [0.2, 0.25) is 0 Å². The zero-order valence-corrected chi connectivity index (χ0v) is 12.7. The maximum atomic E-state index is 4.45. The predicted octanol–water partition coefficient (Wildman–Crippen LogP) is 3.77. The topological polar surface area (TPSA) is 28.2 Å². The van der Waals surface area contributed by atoms with Crippen molar-refractivity contribution in [3.8, 4) is 0 Å². The molecule has 1 saturated carbocycles. The molecule has 1 N–H and O–H groups in total. The molecule has 0 bridgehead atoms. The lowest BCUT2D eigenvalue weighted by Crippen LogP contribution is -2.28. The van der Waals surface area contributed by atoms with E-state index < -0.39 is 0 Å². The molecule has 1 heterocycles. The quantitative estimate of drug-likeness (QED) is 0.894. The van der Waals surface area contributed by atoms with E-state index >= 15 is 0 Å². The van der Waals surface area contributed by atoms with E-state index in [4.69, 9.17) is 0 Å². The van der Waals surface area contributed by atoms with Crippen molar-refractivity contribution in [2.24, 2.45) is 11.8 Å². The van der Waals surface area contributed by atoms with Crippen molar-refractivity contribution in [1.29, 1.82) is 0 Å². The molecule has 3 heteroatoms. The van der Waals surface area contributed by atoms with Gasteiger partial charge in [-0.15, -0.1) is 0 Å². The van der Waals surface area contributed by atoms with E-state index in [-0.39, 0.29) is 0 Å². The van der Waals surface area contributed by atoms with Crippen molar-refractivity contribution < 1.29 is 0 Å². The van der Waals surface area contributed by atoms with Crippen LogP contribution in [0.5, 0.6) is 0 Å². The molecule has 2 rings (SSSR count). The minimum Gasteiger partial charge on any atom is -0.381 e. The summed E-state index contributed by atoms with van der Waals surface area (Å²) in [5.41, 5.74) is 1.15. The van der Waals surface area contributed by atoms with Gasteiger partial charge < -0.3 is 10.2 Å². The van der Waals surface area contributed by atoms with Gasteiger partial charge in [0.15, 0.2) is 0 Å². The van der Waals surface area contributed by atoms with Crippen molar-refractivity contribution in [2.45, 2.75) is 45.6 Å². The first-order valence-electron chi connectivity index (χ1n) is 7.46. The summed E-state index contributed by atoms with van der Waals surface area (Å²) in [6, 6.07) is 4.83. The van der Waals surface area contributed by atoms with Crippen LogP contribution >= 0.6 is 0 Å². The zero-order valence-electron chi connectivity index (χ0n) is 12.7. The fraction of sp³-hybridized carbons (Fsp3) is 0.688. The minimum atomic E-state index is 0.627. The summed E-state index contributed by atoms with van der Waals surface area (Å²) >= 11 is 0. The van der Waals surface area contributed by atoms with Crippen LogP contribution in [0, 0.1) is 11.8 Å². The highest BCUT2D eigenvalue weighted by atomic mass is 15.1. The lowest BCUT2D eigenvalue weighted by molar-refractivity contribution is 0.267. The second-order valence-corrected chi connectivity index (χ2v) is 6.30. The van der Waals surface area contributed by atoms with Gasteiger partial charge in [-0.1, -0.05) is 13.8 Å². The van der Waals surface area contributed by atoms with Gasteiger partial charge in [-0.25, -0.2) is 4.98 Å². The number of rotatable bonds is 4. The van der Waals surface area contributed by atoms with Crippen LogP contribution in [-0.4, -0.2) is 25.1 Å². The smallest absolute Gasteiger partial charge is 0.128 e. The van der Waals surface area contributed by atoms with Gasteiger partial charge in [0.2, 0.25) is 0 Å². The van der Waals surface area contributed by atoms with E-state index in [2.05, 4.69) is 36.3 Å². The number of hydrogen-bond donors (Lipinski definition) is 1. The standard InChI is InChI=1S/C16H27N3/c1-12(2)13-5-7-14(8-6-13)18-15-9-10-16(17-11-15)19(3)4/h9-14,18H,5-8H2,1-4H3. The molecule has 1 aromatic rings. The molecule has 0 saturated heterocycles. The predicted molar refractivity (Wildman–Crippen MR) is 82.8 cm³/mol. The molecular formula is C16H27N3. The first kappa shape index (κ1) is 14.2. The molecule has 19 heavy (non-hydrogen) atoms. The van der Waals surface area contributed by atoms with Crippen LogP contribution in [0.25, 0.3) is 0 Å². The molecule has 0 spiro atoms. The summed E-state index contributed by atoms with van der Waals surface area (Å²) in [7, 11) is 4.03. The van der Waals surface area contributed by atoms with Crippen LogP contribution in [-0.2, 0) is 0 Å². The SMILES string of the molecule is CC(C)C1CCC(Nc2ccc(N(C)C)nc2)CC1. The molecule has 3 nitrogen and oxygen atoms in total. The lowest BCUT2D eigenvalue weighted by atomic mass is 9.80. The van der Waals surface area contributed by atoms with Crippen molar-refractivity contribution in [3.05, 3.63) is 18.3 Å². The van der Waals surface area contributed by atoms with Gasteiger partial charge >= 0.3 is 0 Å². The number of aromatic nitrogens is 1. The Morgan fingerprint density at radius 3 is 2.32 bits per heavy atom. The Morgan fingerprint density at radius 1 is 1.16 bits per heavy atom. The molecule has 0 aromatic carbocycles. The largest absolute Gasteiger partial charge is 0.381 e. The summed E-state index contributed by atoms with van der Waals surface area (Å²) in [6.45, 7) is 4.70. The molecular weight excluding hydrogens is 234 g/mol. The molecule has 1 aliphatic carbocycles. The maximum Gasteiger partial charge on any atom is 0.128 e. The van der Waals surface area contributed by atoms with Crippen molar-refractivity contribution in [1.82, 2.24) is 4.98 Å². The minimum absolute atomic E-state index is 0.627. The number of anilines is 2. The number of pyridine rings is 1. The molecule has 0 aliphatic heterocycles. The first-order valence-corrected chi connectivity index (χ1v) is 7.46. The van der Waals surface area contributed by atoms with Crippen LogP contribution in [0.3, 0.4) is 0 Å². The molecule has 0 unspecified atom stereocenters. The summed E-state index contributed by atoms with van der Waals surface area (Å²) in [6.07, 6.45) is 7.25. The Bertz CT molecular complexity index is 375. The van der Waals surface area contributed by atoms with Crippen LogP contribution < -0.4 is 10.2 Å². The summed E-state index contributed by atoms with van der Waals surface area (Å²) in [5, 5.41) is 3.63. The fourth-order valence-corrected chi connectivity index (χ4v) is 2.90. The molecule has 0 amide bonds. The molecule has 0 atom stereocenters. The third-order valence-electron chi connectivity index (χ3n) is 4.29. The third kappa shape index (κ3) is 3.85. The highest BCUT2D eigenvalue weighted by Crippen LogP contribution is 2.31. The maximum absolute atomic E-state index is 4.45. The molecule has 1 fully saturated rings. The zero-order chi connectivity index (χ0) is 13.8. The first-order chi connectivity index (χ1) is 9.06. The van der Waals surface area contributed by atoms with E-state index in [1.807, 2.05) is 25.2 Å². The Kier molecular flexibility index (Phi) is 4.67. The van der Waals surface area contributed by atoms with Gasteiger partial charge in [0.05, 0.1) is 11.9 Å². The number of hydrogen-bond acceptors (Lipinski definition) is 3. The Balaban J connectivity index is 1.85. The van der Waals surface area contributed by atoms with Crippen LogP contribution in [0.15, 0.2) is 18.3 Å². The average molecular weight is 261 g/mol. The van der Waals surface area contributed by atoms with Gasteiger partial charge in [0.1, 0.15) is 5.82 Å². The van der Waals surface area contributed by atoms with Gasteiger partial charge in [-0.05, 0) is 49.7 Å². The Morgan fingerprint density at radius 2 is 1.84 bits per heavy atom. The number of nitrogens with zero attached hydrogens (tertiary/aromatic N) is 2. The second-order valence-electron chi connectivity index (χ2n) is 6.30.